The molecule has 0 saturated carbocycles. The first-order valence-corrected chi connectivity index (χ1v) is 14.0. The second-order valence-corrected chi connectivity index (χ2v) is 9.86. The summed E-state index contributed by atoms with van der Waals surface area (Å²) in [5.74, 6) is 0. The summed E-state index contributed by atoms with van der Waals surface area (Å²) in [7, 11) is 0. The molecular formula is C32H46S. The molecule has 0 aliphatic carbocycles. The lowest BCUT2D eigenvalue weighted by molar-refractivity contribution is 0.549. The molecule has 0 atom stereocenters. The molecule has 180 valence electrons. The summed E-state index contributed by atoms with van der Waals surface area (Å²) in [6.07, 6.45) is 23.0. The fourth-order valence-electron chi connectivity index (χ4n) is 4.44. The molecular weight excluding hydrogens is 416 g/mol. The molecule has 33 heavy (non-hydrogen) atoms. The van der Waals surface area contributed by atoms with Crippen LogP contribution in [-0.4, -0.2) is 4.86 Å². The number of thiocarbonyl (C=S) groups is 1. The number of unbranched alkanes of at least 4 members (excludes halogenated alkanes) is 10. The van der Waals surface area contributed by atoms with Gasteiger partial charge in [-0.3, -0.25) is 0 Å². The minimum atomic E-state index is 0.915. The van der Waals surface area contributed by atoms with Gasteiger partial charge in [0.2, 0.25) is 0 Å². The highest BCUT2D eigenvalue weighted by molar-refractivity contribution is 7.81. The molecule has 0 fully saturated rings. The molecule has 0 unspecified atom stereocenters. The second kappa shape index (κ2) is 16.8. The van der Waals surface area contributed by atoms with Crippen LogP contribution in [0.25, 0.3) is 6.08 Å². The van der Waals surface area contributed by atoms with Crippen LogP contribution < -0.4 is 0 Å². The van der Waals surface area contributed by atoms with Gasteiger partial charge in [0.1, 0.15) is 0 Å². The Hall–Kier alpha value is -1.73. The fraction of sp³-hybridized carbons (Fsp3) is 0.531. The zero-order chi connectivity index (χ0) is 23.7. The van der Waals surface area contributed by atoms with Gasteiger partial charge in [-0.25, -0.2) is 0 Å². The first kappa shape index (κ1) is 27.5. The lowest BCUT2D eigenvalue weighted by Crippen LogP contribution is -1.95. The quantitative estimate of drug-likeness (QED) is 0.0975. The predicted molar refractivity (Wildman–Crippen MR) is 153 cm³/mol. The van der Waals surface area contributed by atoms with Crippen molar-refractivity contribution >= 4 is 23.2 Å². The third kappa shape index (κ3) is 10.8. The third-order valence-corrected chi connectivity index (χ3v) is 7.09. The zero-order valence-corrected chi connectivity index (χ0v) is 22.3. The van der Waals surface area contributed by atoms with Crippen molar-refractivity contribution in [3.05, 3.63) is 76.4 Å². The van der Waals surface area contributed by atoms with Crippen LogP contribution in [0.1, 0.15) is 119 Å². The molecule has 2 rings (SSSR count). The first-order chi connectivity index (χ1) is 16.2. The van der Waals surface area contributed by atoms with Crippen LogP contribution in [0.2, 0.25) is 0 Å². The van der Waals surface area contributed by atoms with Gasteiger partial charge in [-0.1, -0.05) is 146 Å². The average Bonchev–Trinajstić information content (AvgIpc) is 2.86. The number of allylic oxidation sites excluding steroid dienone is 1. The average molecular weight is 463 g/mol. The Kier molecular flexibility index (Phi) is 14.0. The van der Waals surface area contributed by atoms with Crippen LogP contribution in [-0.2, 0) is 19.3 Å². The maximum atomic E-state index is 5.69. The molecule has 0 N–H and O–H groups in total. The van der Waals surface area contributed by atoms with E-state index >= 15 is 0 Å². The highest BCUT2D eigenvalue weighted by Gasteiger charge is 2.02. The first-order valence-electron chi connectivity index (χ1n) is 13.6. The van der Waals surface area contributed by atoms with Crippen molar-refractivity contribution in [2.24, 2.45) is 0 Å². The summed E-state index contributed by atoms with van der Waals surface area (Å²) in [6.45, 7) is 6.72. The van der Waals surface area contributed by atoms with Gasteiger partial charge in [-0.05, 0) is 59.6 Å². The van der Waals surface area contributed by atoms with E-state index in [4.69, 9.17) is 12.2 Å². The largest absolute Gasteiger partial charge is 0.0795 e. The molecule has 0 bridgehead atoms. The van der Waals surface area contributed by atoms with Crippen molar-refractivity contribution in [3.63, 3.8) is 0 Å². The molecule has 0 radical (unpaired) electrons. The molecule has 0 saturated heterocycles. The summed E-state index contributed by atoms with van der Waals surface area (Å²) < 4.78 is 0. The van der Waals surface area contributed by atoms with Crippen molar-refractivity contribution in [2.45, 2.75) is 111 Å². The molecule has 0 spiro atoms. The second-order valence-electron chi connectivity index (χ2n) is 9.42. The van der Waals surface area contributed by atoms with E-state index in [2.05, 4.69) is 75.4 Å². The Morgan fingerprint density at radius 1 is 0.667 bits per heavy atom. The third-order valence-electron chi connectivity index (χ3n) is 6.72. The summed E-state index contributed by atoms with van der Waals surface area (Å²) in [5, 5.41) is 0. The normalized spacial score (nSPS) is 11.4. The van der Waals surface area contributed by atoms with Crippen LogP contribution in [0.4, 0.5) is 0 Å². The van der Waals surface area contributed by atoms with Crippen LogP contribution in [0.3, 0.4) is 0 Å². The Morgan fingerprint density at radius 2 is 1.24 bits per heavy atom. The predicted octanol–water partition coefficient (Wildman–Crippen LogP) is 10.1. The molecule has 2 aromatic carbocycles. The minimum Gasteiger partial charge on any atom is -0.0795 e. The van der Waals surface area contributed by atoms with Crippen LogP contribution in [0, 0.1) is 0 Å². The fourth-order valence-corrected chi connectivity index (χ4v) is 4.64. The Morgan fingerprint density at radius 3 is 1.82 bits per heavy atom. The number of hydrogen-bond acceptors (Lipinski definition) is 1. The van der Waals surface area contributed by atoms with Crippen LogP contribution >= 0.6 is 12.2 Å². The number of rotatable bonds is 17. The smallest absolute Gasteiger partial charge is 0.0449 e. The maximum Gasteiger partial charge on any atom is 0.0449 e. The summed E-state index contributed by atoms with van der Waals surface area (Å²) >= 11 is 5.69. The lowest BCUT2D eigenvalue weighted by atomic mass is 9.99. The molecule has 0 aromatic heterocycles. The van der Waals surface area contributed by atoms with Gasteiger partial charge in [0, 0.05) is 4.86 Å². The van der Waals surface area contributed by atoms with Gasteiger partial charge in [-0.15, -0.1) is 0 Å². The molecule has 2 aromatic rings. The highest BCUT2D eigenvalue weighted by Crippen LogP contribution is 2.17. The molecule has 0 heterocycles. The van der Waals surface area contributed by atoms with E-state index in [1.807, 2.05) is 0 Å². The minimum absolute atomic E-state index is 0.915. The molecule has 0 aliphatic rings. The topological polar surface area (TPSA) is 0 Å². The zero-order valence-electron chi connectivity index (χ0n) is 21.5. The van der Waals surface area contributed by atoms with E-state index in [-0.39, 0.29) is 0 Å². The van der Waals surface area contributed by atoms with E-state index < -0.39 is 0 Å². The SMILES string of the molecule is CCCCCCCCCCCCCc1ccc(C(=S)C=Cc2ccc(CC)cc2CC)cc1. The van der Waals surface area contributed by atoms with Crippen molar-refractivity contribution in [1.29, 1.82) is 0 Å². The number of hydrogen-bond donors (Lipinski definition) is 0. The van der Waals surface area contributed by atoms with E-state index in [0.717, 1.165) is 23.3 Å². The van der Waals surface area contributed by atoms with Crippen molar-refractivity contribution in [3.8, 4) is 0 Å². The van der Waals surface area contributed by atoms with E-state index in [1.165, 1.54) is 99.3 Å². The maximum absolute atomic E-state index is 5.69. The monoisotopic (exact) mass is 462 g/mol. The lowest BCUT2D eigenvalue weighted by Gasteiger charge is -2.07. The number of benzene rings is 2. The van der Waals surface area contributed by atoms with Gasteiger partial charge in [0.25, 0.3) is 0 Å². The summed E-state index contributed by atoms with van der Waals surface area (Å²) in [5.41, 5.74) is 6.66. The van der Waals surface area contributed by atoms with Gasteiger partial charge >= 0.3 is 0 Å². The van der Waals surface area contributed by atoms with E-state index in [0.29, 0.717) is 0 Å². The Balaban J connectivity index is 1.68. The molecule has 0 aliphatic heterocycles. The van der Waals surface area contributed by atoms with E-state index in [9.17, 15) is 0 Å². The van der Waals surface area contributed by atoms with Crippen molar-refractivity contribution in [2.75, 3.05) is 0 Å². The molecule has 0 amide bonds. The van der Waals surface area contributed by atoms with Crippen LogP contribution in [0.15, 0.2) is 48.5 Å². The molecule has 0 nitrogen and oxygen atoms in total. The summed E-state index contributed by atoms with van der Waals surface area (Å²) in [6, 6.07) is 15.7. The van der Waals surface area contributed by atoms with Gasteiger partial charge < -0.3 is 0 Å². The van der Waals surface area contributed by atoms with Crippen molar-refractivity contribution < 1.29 is 0 Å². The Labute approximate surface area is 209 Å². The summed E-state index contributed by atoms with van der Waals surface area (Å²) in [4.78, 5) is 0.915. The molecule has 1 heteroatoms. The number of aryl methyl sites for hydroxylation is 3. The van der Waals surface area contributed by atoms with Gasteiger partial charge in [-0.2, -0.15) is 0 Å². The van der Waals surface area contributed by atoms with Gasteiger partial charge in [0.15, 0.2) is 0 Å². The van der Waals surface area contributed by atoms with Crippen LogP contribution in [0.5, 0.6) is 0 Å². The van der Waals surface area contributed by atoms with E-state index in [1.54, 1.807) is 0 Å². The van der Waals surface area contributed by atoms with Crippen molar-refractivity contribution in [1.82, 2.24) is 0 Å². The Bertz CT molecular complexity index is 828. The highest BCUT2D eigenvalue weighted by atomic mass is 32.1. The van der Waals surface area contributed by atoms with Gasteiger partial charge in [0.05, 0.1) is 0 Å². The standard InChI is InChI=1S/C32H46S/c1-4-7-8-9-10-11-12-13-14-15-16-17-28-19-22-31(23-20-28)32(33)25-24-30-21-18-27(5-2)26-29(30)6-3/h18-26H,4-17H2,1-3H3.